The van der Waals surface area contributed by atoms with E-state index in [-0.39, 0.29) is 18.2 Å². The van der Waals surface area contributed by atoms with Crippen LogP contribution in [-0.4, -0.2) is 22.6 Å². The number of halogens is 3. The zero-order valence-corrected chi connectivity index (χ0v) is 14.6. The topological polar surface area (TPSA) is 49.0 Å². The van der Waals surface area contributed by atoms with Crippen molar-refractivity contribution in [1.82, 2.24) is 10.2 Å². The van der Waals surface area contributed by atoms with Gasteiger partial charge in [-0.05, 0) is 43.4 Å². The predicted molar refractivity (Wildman–Crippen MR) is 93.7 cm³/mol. The first-order valence-corrected chi connectivity index (χ1v) is 8.46. The van der Waals surface area contributed by atoms with Crippen molar-refractivity contribution < 1.29 is 18.0 Å². The van der Waals surface area contributed by atoms with Crippen LogP contribution in [0.5, 0.6) is 0 Å². The number of alkyl halides is 3. The molecular weight excluding hydrogens is 343 g/mol. The Morgan fingerprint density at radius 2 is 2.12 bits per heavy atom. The molecule has 2 aromatic rings. The summed E-state index contributed by atoms with van der Waals surface area (Å²) in [6, 6.07) is 7.07. The molecule has 0 bridgehead atoms. The number of aromatic nitrogens is 2. The zero-order chi connectivity index (χ0) is 18.9. The third kappa shape index (κ3) is 3.66. The molecule has 1 N–H and O–H groups in total. The van der Waals surface area contributed by atoms with E-state index in [0.29, 0.717) is 24.3 Å². The summed E-state index contributed by atoms with van der Waals surface area (Å²) in [6.07, 6.45) is -1.67. The minimum atomic E-state index is -4.38. The van der Waals surface area contributed by atoms with Crippen molar-refractivity contribution in [3.05, 3.63) is 53.2 Å². The number of H-pyrrole nitrogens is 1. The standard InChI is InChI=1S/C19H20F3N3O/c1-3-12(2)16-11-17(24-23-16)25-8-7-14(10-18(25)26)13-5-4-6-15(9-13)19(20,21)22/h3-6,9,11,14H,7-8,10H2,1-2H3,(H,23,24)/b12-3+. The van der Waals surface area contributed by atoms with Gasteiger partial charge in [-0.15, -0.1) is 0 Å². The van der Waals surface area contributed by atoms with Gasteiger partial charge in [0.05, 0.1) is 11.3 Å². The van der Waals surface area contributed by atoms with E-state index in [1.54, 1.807) is 11.0 Å². The molecule has 1 amide bonds. The lowest BCUT2D eigenvalue weighted by atomic mass is 9.88. The number of hydrogen-bond acceptors (Lipinski definition) is 2. The van der Waals surface area contributed by atoms with Gasteiger partial charge in [-0.3, -0.25) is 14.8 Å². The van der Waals surface area contributed by atoms with Crippen LogP contribution >= 0.6 is 0 Å². The zero-order valence-electron chi connectivity index (χ0n) is 14.6. The lowest BCUT2D eigenvalue weighted by Gasteiger charge is -2.30. The summed E-state index contributed by atoms with van der Waals surface area (Å²) in [6.45, 7) is 4.29. The fourth-order valence-corrected chi connectivity index (χ4v) is 3.14. The molecule has 138 valence electrons. The third-order valence-electron chi connectivity index (χ3n) is 4.81. The van der Waals surface area contributed by atoms with Crippen molar-refractivity contribution >= 4 is 17.3 Å². The number of nitrogens with zero attached hydrogens (tertiary/aromatic N) is 2. The molecular formula is C19H20F3N3O. The van der Waals surface area contributed by atoms with Crippen molar-refractivity contribution in [2.45, 2.75) is 38.8 Å². The molecule has 4 nitrogen and oxygen atoms in total. The summed E-state index contributed by atoms with van der Waals surface area (Å²) in [5.41, 5.74) is 1.74. The maximum absolute atomic E-state index is 12.9. The van der Waals surface area contributed by atoms with Crippen LogP contribution in [0.15, 0.2) is 36.4 Å². The van der Waals surface area contributed by atoms with Crippen molar-refractivity contribution in [3.63, 3.8) is 0 Å². The number of rotatable bonds is 3. The molecule has 1 aromatic carbocycles. The average molecular weight is 363 g/mol. The van der Waals surface area contributed by atoms with Crippen LogP contribution in [0.1, 0.15) is 49.4 Å². The molecule has 1 unspecified atom stereocenters. The minimum absolute atomic E-state index is 0.130. The van der Waals surface area contributed by atoms with Crippen molar-refractivity contribution in [2.75, 3.05) is 11.4 Å². The maximum atomic E-state index is 12.9. The highest BCUT2D eigenvalue weighted by molar-refractivity contribution is 5.94. The lowest BCUT2D eigenvalue weighted by molar-refractivity contribution is -0.137. The first-order chi connectivity index (χ1) is 12.3. The van der Waals surface area contributed by atoms with Crippen molar-refractivity contribution in [1.29, 1.82) is 0 Å². The van der Waals surface area contributed by atoms with Crippen LogP contribution in [-0.2, 0) is 11.0 Å². The Labute approximate surface area is 149 Å². The molecule has 1 aromatic heterocycles. The molecule has 3 rings (SSSR count). The number of benzene rings is 1. The third-order valence-corrected chi connectivity index (χ3v) is 4.81. The molecule has 7 heteroatoms. The van der Waals surface area contributed by atoms with Gasteiger partial charge in [0, 0.05) is 19.0 Å². The number of hydrogen-bond donors (Lipinski definition) is 1. The van der Waals surface area contributed by atoms with Crippen LogP contribution in [0.4, 0.5) is 19.0 Å². The molecule has 2 heterocycles. The average Bonchev–Trinajstić information content (AvgIpc) is 3.10. The van der Waals surface area contributed by atoms with Crippen LogP contribution < -0.4 is 4.90 Å². The molecule has 0 aliphatic carbocycles. The van der Waals surface area contributed by atoms with Gasteiger partial charge in [0.25, 0.3) is 0 Å². The van der Waals surface area contributed by atoms with Gasteiger partial charge >= 0.3 is 6.18 Å². The predicted octanol–water partition coefficient (Wildman–Crippen LogP) is 4.76. The molecule has 26 heavy (non-hydrogen) atoms. The van der Waals surface area contributed by atoms with Crippen LogP contribution in [0.3, 0.4) is 0 Å². The highest BCUT2D eigenvalue weighted by Gasteiger charge is 2.33. The Kier molecular flexibility index (Phi) is 4.89. The molecule has 1 saturated heterocycles. The summed E-state index contributed by atoms with van der Waals surface area (Å²) < 4.78 is 38.7. The molecule has 0 spiro atoms. The maximum Gasteiger partial charge on any atom is 0.416 e. The summed E-state index contributed by atoms with van der Waals surface area (Å²) in [7, 11) is 0. The number of allylic oxidation sites excluding steroid dienone is 2. The van der Waals surface area contributed by atoms with Crippen LogP contribution in [0.2, 0.25) is 0 Å². The highest BCUT2D eigenvalue weighted by Crippen LogP contribution is 2.35. The molecule has 1 fully saturated rings. The van der Waals surface area contributed by atoms with Gasteiger partial charge in [0.1, 0.15) is 0 Å². The number of carbonyl (C=O) groups excluding carboxylic acids is 1. The summed E-state index contributed by atoms with van der Waals surface area (Å²) >= 11 is 0. The van der Waals surface area contributed by atoms with E-state index < -0.39 is 11.7 Å². The summed E-state index contributed by atoms with van der Waals surface area (Å²) in [5.74, 6) is 0.209. The fourth-order valence-electron chi connectivity index (χ4n) is 3.14. The molecule has 0 saturated carbocycles. The van der Waals surface area contributed by atoms with Crippen molar-refractivity contribution in [2.24, 2.45) is 0 Å². The smallest absolute Gasteiger partial charge is 0.295 e. The second kappa shape index (κ2) is 6.97. The summed E-state index contributed by atoms with van der Waals surface area (Å²) in [4.78, 5) is 14.1. The first-order valence-electron chi connectivity index (χ1n) is 8.46. The Hall–Kier alpha value is -2.57. The van der Waals surface area contributed by atoms with E-state index in [2.05, 4.69) is 10.2 Å². The van der Waals surface area contributed by atoms with Gasteiger partial charge in [0.15, 0.2) is 5.82 Å². The molecule has 0 radical (unpaired) electrons. The number of amides is 1. The number of anilines is 1. The minimum Gasteiger partial charge on any atom is -0.295 e. The van der Waals surface area contributed by atoms with Crippen LogP contribution in [0.25, 0.3) is 5.57 Å². The van der Waals surface area contributed by atoms with Gasteiger partial charge in [0.2, 0.25) is 5.91 Å². The fraction of sp³-hybridized carbons (Fsp3) is 0.368. The quantitative estimate of drug-likeness (QED) is 0.855. The van der Waals surface area contributed by atoms with Crippen molar-refractivity contribution in [3.8, 4) is 0 Å². The molecule has 1 atom stereocenters. The summed E-state index contributed by atoms with van der Waals surface area (Å²) in [5, 5.41) is 7.10. The molecule has 1 aliphatic heterocycles. The Morgan fingerprint density at radius 3 is 2.77 bits per heavy atom. The lowest BCUT2D eigenvalue weighted by Crippen LogP contribution is -2.38. The van der Waals surface area contributed by atoms with E-state index in [1.807, 2.05) is 26.0 Å². The van der Waals surface area contributed by atoms with E-state index in [9.17, 15) is 18.0 Å². The Bertz CT molecular complexity index is 839. The number of aromatic amines is 1. The van der Waals surface area contributed by atoms with Gasteiger partial charge in [-0.2, -0.15) is 18.3 Å². The monoisotopic (exact) mass is 363 g/mol. The Balaban J connectivity index is 1.75. The highest BCUT2D eigenvalue weighted by atomic mass is 19.4. The number of piperidine rings is 1. The van der Waals surface area contributed by atoms with E-state index in [0.717, 1.165) is 23.4 Å². The first kappa shape index (κ1) is 18.2. The number of nitrogens with one attached hydrogen (secondary N) is 1. The second-order valence-electron chi connectivity index (χ2n) is 6.47. The molecule has 1 aliphatic rings. The Morgan fingerprint density at radius 1 is 1.35 bits per heavy atom. The second-order valence-corrected chi connectivity index (χ2v) is 6.47. The van der Waals surface area contributed by atoms with Gasteiger partial charge in [-0.25, -0.2) is 0 Å². The van der Waals surface area contributed by atoms with E-state index in [4.69, 9.17) is 0 Å². The van der Waals surface area contributed by atoms with Gasteiger partial charge < -0.3 is 0 Å². The van der Waals surface area contributed by atoms with E-state index in [1.165, 1.54) is 6.07 Å². The van der Waals surface area contributed by atoms with E-state index >= 15 is 0 Å². The van der Waals surface area contributed by atoms with Gasteiger partial charge in [-0.1, -0.05) is 24.3 Å². The number of carbonyl (C=O) groups is 1. The SMILES string of the molecule is C/C=C(\C)c1cc(N2CCC(c3cccc(C(F)(F)F)c3)CC2=O)n[nH]1. The largest absolute Gasteiger partial charge is 0.416 e. The van der Waals surface area contributed by atoms with Crippen LogP contribution in [0, 0.1) is 0 Å². The normalized spacial score (nSPS) is 19.1.